The quantitative estimate of drug-likeness (QED) is 0.358. The van der Waals surface area contributed by atoms with Gasteiger partial charge in [-0.25, -0.2) is 0 Å². The van der Waals surface area contributed by atoms with Crippen molar-refractivity contribution in [3.8, 4) is 0 Å². The number of ether oxygens (including phenoxy) is 2. The first-order valence-corrected chi connectivity index (χ1v) is 3.58. The average Bonchev–Trinajstić information content (AvgIpc) is 1.80. The molecule has 0 heterocycles. The second-order valence-corrected chi connectivity index (χ2v) is 2.65. The maximum atomic E-state index is 5.34. The van der Waals surface area contributed by atoms with Crippen molar-refractivity contribution in [2.24, 2.45) is 0 Å². The molecule has 0 saturated heterocycles. The van der Waals surface area contributed by atoms with E-state index in [1.54, 1.807) is 0 Å². The molecule has 9 heavy (non-hydrogen) atoms. The van der Waals surface area contributed by atoms with Crippen molar-refractivity contribution in [3.63, 3.8) is 0 Å². The average molecular weight is 173 g/mol. The Hall–Kier alpha value is 0.500. The molecule has 0 aliphatic heterocycles. The summed E-state index contributed by atoms with van der Waals surface area (Å²) in [5.74, 6) is 0. The van der Waals surface area contributed by atoms with E-state index in [2.05, 4.69) is 0 Å². The van der Waals surface area contributed by atoms with Gasteiger partial charge >= 0.3 is 0 Å². The number of halogens is 2. The molecule has 0 amide bonds. The molecule has 56 valence electrons. The Labute approximate surface area is 65.0 Å². The minimum atomic E-state index is -0.453. The molecule has 0 aliphatic carbocycles. The van der Waals surface area contributed by atoms with Crippen LogP contribution in [-0.4, -0.2) is 24.8 Å². The van der Waals surface area contributed by atoms with Crippen LogP contribution >= 0.6 is 23.2 Å². The van der Waals surface area contributed by atoms with Gasteiger partial charge in [-0.1, -0.05) is 0 Å². The first-order chi connectivity index (χ1) is 4.27. The molecule has 0 spiro atoms. The summed E-state index contributed by atoms with van der Waals surface area (Å²) >= 11 is 10.7. The highest BCUT2D eigenvalue weighted by atomic mass is 35.5. The Morgan fingerprint density at radius 2 is 2.00 bits per heavy atom. The Morgan fingerprint density at radius 3 is 2.44 bits per heavy atom. The van der Waals surface area contributed by atoms with E-state index in [9.17, 15) is 0 Å². The molecule has 0 radical (unpaired) electrons. The van der Waals surface area contributed by atoms with Crippen molar-refractivity contribution >= 4 is 23.2 Å². The molecule has 0 bridgehead atoms. The van der Waals surface area contributed by atoms with Crippen LogP contribution in [-0.2, 0) is 9.47 Å². The van der Waals surface area contributed by atoms with Crippen LogP contribution in [0.3, 0.4) is 0 Å². The maximum Gasteiger partial charge on any atom is 0.146 e. The van der Waals surface area contributed by atoms with Gasteiger partial charge in [0.05, 0.1) is 6.61 Å². The molecule has 0 N–H and O–H groups in total. The van der Waals surface area contributed by atoms with Gasteiger partial charge in [-0.3, -0.25) is 0 Å². The molecular formula is C5H10Cl2O2. The molecule has 0 fully saturated rings. The lowest BCUT2D eigenvalue weighted by atomic mass is 10.8. The van der Waals surface area contributed by atoms with Crippen LogP contribution in [0.5, 0.6) is 0 Å². The van der Waals surface area contributed by atoms with Crippen LogP contribution in [0.15, 0.2) is 0 Å². The summed E-state index contributed by atoms with van der Waals surface area (Å²) in [6, 6.07) is 0. The van der Waals surface area contributed by atoms with Crippen LogP contribution in [0.1, 0.15) is 6.92 Å². The fourth-order valence-electron chi connectivity index (χ4n) is 0.279. The largest absolute Gasteiger partial charge is 0.356 e. The van der Waals surface area contributed by atoms with Gasteiger partial charge in [0.1, 0.15) is 11.6 Å². The highest BCUT2D eigenvalue weighted by Crippen LogP contribution is 2.00. The summed E-state index contributed by atoms with van der Waals surface area (Å²) in [5, 5.41) is 0. The van der Waals surface area contributed by atoms with Gasteiger partial charge in [-0.15, -0.1) is 23.2 Å². The van der Waals surface area contributed by atoms with Crippen molar-refractivity contribution in [2.75, 3.05) is 20.0 Å². The zero-order chi connectivity index (χ0) is 7.11. The molecule has 0 aromatic carbocycles. The van der Waals surface area contributed by atoms with Crippen molar-refractivity contribution in [3.05, 3.63) is 0 Å². The molecule has 0 saturated carbocycles. The molecule has 0 atom stereocenters. The van der Waals surface area contributed by atoms with E-state index in [1.807, 2.05) is 6.92 Å². The zero-order valence-electron chi connectivity index (χ0n) is 5.27. The van der Waals surface area contributed by atoms with Gasteiger partial charge < -0.3 is 9.47 Å². The lowest BCUT2D eigenvalue weighted by Gasteiger charge is -2.02. The van der Waals surface area contributed by atoms with Crippen LogP contribution in [0.4, 0.5) is 0 Å². The number of hydrogen-bond acceptors (Lipinski definition) is 2. The second kappa shape index (κ2) is 6.62. The predicted octanol–water partition coefficient (Wildman–Crippen LogP) is 1.80. The first kappa shape index (κ1) is 9.50. The fraction of sp³-hybridized carbons (Fsp3) is 1.00. The predicted molar refractivity (Wildman–Crippen MR) is 37.9 cm³/mol. The zero-order valence-corrected chi connectivity index (χ0v) is 6.78. The highest BCUT2D eigenvalue weighted by Gasteiger charge is 1.95. The van der Waals surface area contributed by atoms with Crippen LogP contribution < -0.4 is 0 Å². The molecular weight excluding hydrogens is 163 g/mol. The summed E-state index contributed by atoms with van der Waals surface area (Å²) in [6.07, 6.45) is 0. The standard InChI is InChI=1S/C5H10Cl2O2/c1-2-8-4-9-3-5(6)7/h5H,2-4H2,1H3. The van der Waals surface area contributed by atoms with Crippen molar-refractivity contribution in [1.82, 2.24) is 0 Å². The normalized spacial score (nSPS) is 10.7. The summed E-state index contributed by atoms with van der Waals surface area (Å²) in [7, 11) is 0. The number of rotatable bonds is 5. The second-order valence-electron chi connectivity index (χ2n) is 1.37. The van der Waals surface area contributed by atoms with Crippen molar-refractivity contribution in [2.45, 2.75) is 11.8 Å². The van der Waals surface area contributed by atoms with Gasteiger partial charge in [-0.05, 0) is 6.92 Å². The molecule has 0 rings (SSSR count). The summed E-state index contributed by atoms with van der Waals surface area (Å²) in [6.45, 7) is 3.13. The van der Waals surface area contributed by atoms with Crippen LogP contribution in [0.25, 0.3) is 0 Å². The Bertz CT molecular complexity index is 58.9. The lowest BCUT2D eigenvalue weighted by molar-refractivity contribution is -0.0456. The summed E-state index contributed by atoms with van der Waals surface area (Å²) in [4.78, 5) is -0.453. The summed E-state index contributed by atoms with van der Waals surface area (Å²) in [5.41, 5.74) is 0. The number of hydrogen-bond donors (Lipinski definition) is 0. The Balaban J connectivity index is 2.75. The van der Waals surface area contributed by atoms with Crippen LogP contribution in [0, 0.1) is 0 Å². The SMILES string of the molecule is CCOCOCC(Cl)Cl. The van der Waals surface area contributed by atoms with Gasteiger partial charge in [-0.2, -0.15) is 0 Å². The van der Waals surface area contributed by atoms with Gasteiger partial charge in [0.25, 0.3) is 0 Å². The molecule has 2 nitrogen and oxygen atoms in total. The van der Waals surface area contributed by atoms with Gasteiger partial charge in [0.2, 0.25) is 0 Å². The molecule has 0 aromatic rings. The monoisotopic (exact) mass is 172 g/mol. The topological polar surface area (TPSA) is 18.5 Å². The van der Waals surface area contributed by atoms with E-state index in [0.717, 1.165) is 0 Å². The smallest absolute Gasteiger partial charge is 0.146 e. The van der Waals surface area contributed by atoms with Crippen molar-refractivity contribution < 1.29 is 9.47 Å². The highest BCUT2D eigenvalue weighted by molar-refractivity contribution is 6.44. The number of alkyl halides is 2. The Kier molecular flexibility index (Phi) is 6.99. The fourth-order valence-corrected chi connectivity index (χ4v) is 0.458. The Morgan fingerprint density at radius 1 is 1.33 bits per heavy atom. The van der Waals surface area contributed by atoms with Crippen molar-refractivity contribution in [1.29, 1.82) is 0 Å². The molecule has 0 aliphatic rings. The van der Waals surface area contributed by atoms with Gasteiger partial charge in [0, 0.05) is 6.61 Å². The molecule has 4 heteroatoms. The van der Waals surface area contributed by atoms with E-state index < -0.39 is 4.84 Å². The third kappa shape index (κ3) is 8.50. The molecule has 0 aromatic heterocycles. The van der Waals surface area contributed by atoms with E-state index in [4.69, 9.17) is 32.7 Å². The van der Waals surface area contributed by atoms with E-state index in [0.29, 0.717) is 13.2 Å². The maximum absolute atomic E-state index is 5.34. The van der Waals surface area contributed by atoms with E-state index in [-0.39, 0.29) is 6.79 Å². The third-order valence-corrected chi connectivity index (χ3v) is 0.867. The third-order valence-electron chi connectivity index (χ3n) is 0.615. The first-order valence-electron chi connectivity index (χ1n) is 2.71. The minimum Gasteiger partial charge on any atom is -0.356 e. The van der Waals surface area contributed by atoms with E-state index >= 15 is 0 Å². The molecule has 0 unspecified atom stereocenters. The van der Waals surface area contributed by atoms with Crippen LogP contribution in [0.2, 0.25) is 0 Å². The van der Waals surface area contributed by atoms with E-state index in [1.165, 1.54) is 0 Å². The van der Waals surface area contributed by atoms with Gasteiger partial charge in [0.15, 0.2) is 0 Å². The lowest BCUT2D eigenvalue weighted by Crippen LogP contribution is -2.05. The minimum absolute atomic E-state index is 0.270. The summed E-state index contributed by atoms with van der Waals surface area (Å²) < 4.78 is 9.69.